The van der Waals surface area contributed by atoms with Crippen LogP contribution in [0.15, 0.2) is 63.4 Å². The Morgan fingerprint density at radius 1 is 1.15 bits per heavy atom. The third-order valence-corrected chi connectivity index (χ3v) is 6.78. The van der Waals surface area contributed by atoms with Crippen LogP contribution >= 0.6 is 23.5 Å². The SMILES string of the molecule is O=C(CSc1nc2c(c(=O)n1-c1ccc(OC(F)(F)F)cc1)SCC2)NCc1ccc(F)cc1. The molecule has 3 aromatic rings. The molecule has 1 aromatic heterocycles. The maximum Gasteiger partial charge on any atom is 0.573 e. The molecule has 34 heavy (non-hydrogen) atoms. The van der Waals surface area contributed by atoms with Gasteiger partial charge in [0.2, 0.25) is 5.91 Å². The smallest absolute Gasteiger partial charge is 0.406 e. The van der Waals surface area contributed by atoms with E-state index in [-0.39, 0.29) is 34.7 Å². The highest BCUT2D eigenvalue weighted by Gasteiger charge is 2.31. The van der Waals surface area contributed by atoms with Crippen molar-refractivity contribution in [3.05, 3.63) is 76.0 Å². The highest BCUT2D eigenvalue weighted by molar-refractivity contribution is 8.00. The van der Waals surface area contributed by atoms with Gasteiger partial charge < -0.3 is 10.1 Å². The molecule has 12 heteroatoms. The first-order valence-corrected chi connectivity index (χ1v) is 12.0. The highest BCUT2D eigenvalue weighted by atomic mass is 32.2. The summed E-state index contributed by atoms with van der Waals surface area (Å²) >= 11 is 2.41. The van der Waals surface area contributed by atoms with E-state index >= 15 is 0 Å². The molecule has 0 saturated carbocycles. The molecule has 1 aliphatic heterocycles. The summed E-state index contributed by atoms with van der Waals surface area (Å²) in [6.07, 6.45) is -4.22. The van der Waals surface area contributed by atoms with Crippen molar-refractivity contribution in [3.8, 4) is 11.4 Å². The highest BCUT2D eigenvalue weighted by Crippen LogP contribution is 2.30. The molecule has 178 valence electrons. The molecule has 4 rings (SSSR count). The number of fused-ring (bicyclic) bond motifs is 1. The van der Waals surface area contributed by atoms with Crippen molar-refractivity contribution in [1.82, 2.24) is 14.9 Å². The number of hydrogen-bond acceptors (Lipinski definition) is 6. The van der Waals surface area contributed by atoms with Crippen molar-refractivity contribution in [3.63, 3.8) is 0 Å². The topological polar surface area (TPSA) is 73.2 Å². The van der Waals surface area contributed by atoms with E-state index in [1.54, 1.807) is 12.1 Å². The molecule has 0 fully saturated rings. The van der Waals surface area contributed by atoms with E-state index in [0.717, 1.165) is 29.5 Å². The minimum atomic E-state index is -4.83. The molecule has 0 unspecified atom stereocenters. The fourth-order valence-corrected chi connectivity index (χ4v) is 5.08. The maximum atomic E-state index is 13.1. The van der Waals surface area contributed by atoms with Crippen LogP contribution in [-0.4, -0.2) is 33.3 Å². The quantitative estimate of drug-likeness (QED) is 0.289. The Morgan fingerprint density at radius 2 is 1.85 bits per heavy atom. The molecule has 0 radical (unpaired) electrons. The van der Waals surface area contributed by atoms with Crippen LogP contribution in [0.4, 0.5) is 17.6 Å². The predicted molar refractivity (Wildman–Crippen MR) is 120 cm³/mol. The van der Waals surface area contributed by atoms with Gasteiger partial charge in [-0.05, 0) is 42.0 Å². The van der Waals surface area contributed by atoms with Crippen LogP contribution in [0.3, 0.4) is 0 Å². The Kier molecular flexibility index (Phi) is 7.17. The van der Waals surface area contributed by atoms with Gasteiger partial charge in [-0.1, -0.05) is 23.9 Å². The van der Waals surface area contributed by atoms with Crippen molar-refractivity contribution in [2.24, 2.45) is 0 Å². The van der Waals surface area contributed by atoms with Crippen molar-refractivity contribution < 1.29 is 27.1 Å². The standard InChI is InChI=1S/C22H17F4N3O3S2/c23-14-3-1-13(2-4-14)11-27-18(30)12-34-21-28-17-9-10-33-19(17)20(31)29(21)15-5-7-16(8-6-15)32-22(24,25)26/h1-8H,9-12H2,(H,27,30). The van der Waals surface area contributed by atoms with Crippen LogP contribution in [0.5, 0.6) is 5.75 Å². The van der Waals surface area contributed by atoms with Gasteiger partial charge in [0.05, 0.1) is 22.0 Å². The number of carbonyl (C=O) groups is 1. The molecule has 2 heterocycles. The number of rotatable bonds is 7. The summed E-state index contributed by atoms with van der Waals surface area (Å²) < 4.78 is 55.6. The van der Waals surface area contributed by atoms with E-state index in [0.29, 0.717) is 28.5 Å². The number of amides is 1. The fraction of sp³-hybridized carbons (Fsp3) is 0.227. The Bertz CT molecular complexity index is 1250. The zero-order valence-electron chi connectivity index (χ0n) is 17.4. The summed E-state index contributed by atoms with van der Waals surface area (Å²) in [4.78, 5) is 30.5. The van der Waals surface area contributed by atoms with Crippen LogP contribution in [0.25, 0.3) is 5.69 Å². The van der Waals surface area contributed by atoms with Gasteiger partial charge in [-0.15, -0.1) is 24.9 Å². The van der Waals surface area contributed by atoms with E-state index in [1.807, 2.05) is 0 Å². The summed E-state index contributed by atoms with van der Waals surface area (Å²) in [5.74, 6) is -0.458. The molecule has 1 aliphatic rings. The largest absolute Gasteiger partial charge is 0.573 e. The van der Waals surface area contributed by atoms with E-state index in [2.05, 4.69) is 15.0 Å². The second kappa shape index (κ2) is 10.1. The van der Waals surface area contributed by atoms with Crippen molar-refractivity contribution in [2.75, 3.05) is 11.5 Å². The Hall–Kier alpha value is -2.99. The summed E-state index contributed by atoms with van der Waals surface area (Å²) in [6.45, 7) is 0.210. The number of alkyl halides is 3. The summed E-state index contributed by atoms with van der Waals surface area (Å²) in [6, 6.07) is 10.6. The normalized spacial score (nSPS) is 12.9. The van der Waals surface area contributed by atoms with Gasteiger partial charge in [0.15, 0.2) is 5.16 Å². The van der Waals surface area contributed by atoms with Gasteiger partial charge in [-0.3, -0.25) is 14.2 Å². The lowest BCUT2D eigenvalue weighted by atomic mass is 10.2. The van der Waals surface area contributed by atoms with Crippen LogP contribution in [0.1, 0.15) is 11.3 Å². The molecule has 0 aliphatic carbocycles. The number of hydrogen-bond donors (Lipinski definition) is 1. The Balaban J connectivity index is 1.53. The molecule has 1 amide bonds. The monoisotopic (exact) mass is 511 g/mol. The van der Waals surface area contributed by atoms with Gasteiger partial charge in [0.1, 0.15) is 11.6 Å². The van der Waals surface area contributed by atoms with Crippen LogP contribution in [0.2, 0.25) is 0 Å². The third kappa shape index (κ3) is 5.92. The molecule has 6 nitrogen and oxygen atoms in total. The van der Waals surface area contributed by atoms with E-state index in [1.165, 1.54) is 40.6 Å². The second-order valence-corrected chi connectivity index (χ2v) is 9.19. The first-order valence-electron chi connectivity index (χ1n) is 9.98. The third-order valence-electron chi connectivity index (χ3n) is 4.73. The molecular weight excluding hydrogens is 494 g/mol. The second-order valence-electron chi connectivity index (χ2n) is 7.14. The number of thioether (sulfide) groups is 2. The minimum absolute atomic E-state index is 0.0468. The molecule has 0 spiro atoms. The van der Waals surface area contributed by atoms with E-state index in [4.69, 9.17) is 0 Å². The van der Waals surface area contributed by atoms with Gasteiger partial charge in [0, 0.05) is 18.7 Å². The number of benzene rings is 2. The van der Waals surface area contributed by atoms with Crippen LogP contribution in [-0.2, 0) is 17.8 Å². The minimum Gasteiger partial charge on any atom is -0.406 e. The summed E-state index contributed by atoms with van der Waals surface area (Å²) in [5.41, 5.74) is 1.32. The van der Waals surface area contributed by atoms with Gasteiger partial charge in [-0.25, -0.2) is 9.37 Å². The van der Waals surface area contributed by atoms with Crippen molar-refractivity contribution >= 4 is 29.4 Å². The zero-order chi connectivity index (χ0) is 24.3. The molecule has 1 N–H and O–H groups in total. The molecule has 2 aromatic carbocycles. The summed E-state index contributed by atoms with van der Waals surface area (Å²) in [5, 5.41) is 2.98. The zero-order valence-corrected chi connectivity index (χ0v) is 19.0. The first kappa shape index (κ1) is 24.1. The van der Waals surface area contributed by atoms with Gasteiger partial charge >= 0.3 is 6.36 Å². The average molecular weight is 512 g/mol. The molecule has 0 atom stereocenters. The van der Waals surface area contributed by atoms with Crippen LogP contribution < -0.4 is 15.6 Å². The molecule has 0 saturated heterocycles. The lowest BCUT2D eigenvalue weighted by Crippen LogP contribution is -2.27. The molecule has 0 bridgehead atoms. The number of aromatic nitrogens is 2. The number of nitrogens with zero attached hydrogens (tertiary/aromatic N) is 2. The Morgan fingerprint density at radius 3 is 2.53 bits per heavy atom. The van der Waals surface area contributed by atoms with Gasteiger partial charge in [-0.2, -0.15) is 0 Å². The van der Waals surface area contributed by atoms with E-state index in [9.17, 15) is 27.2 Å². The maximum absolute atomic E-state index is 13.1. The fourth-order valence-electron chi connectivity index (χ4n) is 3.20. The number of aryl methyl sites for hydroxylation is 1. The lowest BCUT2D eigenvalue weighted by Gasteiger charge is -2.15. The van der Waals surface area contributed by atoms with E-state index < -0.39 is 12.1 Å². The first-order chi connectivity index (χ1) is 16.2. The average Bonchev–Trinajstić information content (AvgIpc) is 3.26. The summed E-state index contributed by atoms with van der Waals surface area (Å²) in [7, 11) is 0. The number of carbonyl (C=O) groups excluding carboxylic acids is 1. The van der Waals surface area contributed by atoms with Gasteiger partial charge in [0.25, 0.3) is 5.56 Å². The Labute approximate surface area is 199 Å². The van der Waals surface area contributed by atoms with Crippen LogP contribution in [0, 0.1) is 5.82 Å². The molecular formula is C22H17F4N3O3S2. The number of halogens is 4. The number of nitrogens with one attached hydrogen (secondary N) is 1. The van der Waals surface area contributed by atoms with Crippen molar-refractivity contribution in [1.29, 1.82) is 0 Å². The predicted octanol–water partition coefficient (Wildman–Crippen LogP) is 4.33. The lowest BCUT2D eigenvalue weighted by molar-refractivity contribution is -0.274. The number of ether oxygens (including phenoxy) is 1. The van der Waals surface area contributed by atoms with Crippen molar-refractivity contribution in [2.45, 2.75) is 29.4 Å².